The summed E-state index contributed by atoms with van der Waals surface area (Å²) in [5, 5.41) is 3.57. The fourth-order valence-electron chi connectivity index (χ4n) is 1.87. The maximum Gasteiger partial charge on any atom is 0.0667 e. The summed E-state index contributed by atoms with van der Waals surface area (Å²) in [5.41, 5.74) is 0. The highest BCUT2D eigenvalue weighted by Gasteiger charge is 2.17. The zero-order valence-corrected chi connectivity index (χ0v) is 9.75. The van der Waals surface area contributed by atoms with Crippen LogP contribution in [0, 0.1) is 0 Å². The smallest absolute Gasteiger partial charge is 0.0667 e. The second-order valence-electron chi connectivity index (χ2n) is 4.16. The minimum Gasteiger partial charge on any atom is -0.380 e. The van der Waals surface area contributed by atoms with E-state index in [1.165, 1.54) is 32.5 Å². The van der Waals surface area contributed by atoms with Crippen molar-refractivity contribution in [1.82, 2.24) is 10.2 Å². The highest BCUT2D eigenvalue weighted by atomic mass is 16.5. The molecule has 1 aliphatic rings. The lowest BCUT2D eigenvalue weighted by Crippen LogP contribution is -2.44. The van der Waals surface area contributed by atoms with Crippen LogP contribution in [0.2, 0.25) is 0 Å². The number of rotatable bonds is 5. The molecular weight excluding hydrogens is 176 g/mol. The van der Waals surface area contributed by atoms with Crippen molar-refractivity contribution >= 4 is 0 Å². The molecule has 0 saturated carbocycles. The average molecular weight is 200 g/mol. The fourth-order valence-corrected chi connectivity index (χ4v) is 1.87. The van der Waals surface area contributed by atoms with Crippen molar-refractivity contribution in [2.45, 2.75) is 38.8 Å². The molecule has 1 fully saturated rings. The molecule has 3 nitrogen and oxygen atoms in total. The van der Waals surface area contributed by atoms with Gasteiger partial charge < -0.3 is 15.0 Å². The Kier molecular flexibility index (Phi) is 5.45. The lowest BCUT2D eigenvalue weighted by molar-refractivity contribution is 0.108. The zero-order chi connectivity index (χ0) is 10.4. The van der Waals surface area contributed by atoms with Crippen molar-refractivity contribution in [3.05, 3.63) is 0 Å². The third kappa shape index (κ3) is 3.95. The number of ether oxygens (including phenoxy) is 1. The third-order valence-electron chi connectivity index (χ3n) is 3.13. The molecule has 1 aliphatic heterocycles. The molecule has 0 amide bonds. The molecule has 84 valence electrons. The van der Waals surface area contributed by atoms with Gasteiger partial charge in [0.15, 0.2) is 0 Å². The average Bonchev–Trinajstić information content (AvgIpc) is 2.26. The van der Waals surface area contributed by atoms with Crippen LogP contribution in [0.5, 0.6) is 0 Å². The van der Waals surface area contributed by atoms with E-state index in [1.807, 2.05) is 0 Å². The summed E-state index contributed by atoms with van der Waals surface area (Å²) in [4.78, 5) is 2.51. The first-order valence-electron chi connectivity index (χ1n) is 5.74. The molecule has 0 spiro atoms. The van der Waals surface area contributed by atoms with Crippen LogP contribution in [-0.4, -0.2) is 50.3 Å². The molecule has 1 N–H and O–H groups in total. The van der Waals surface area contributed by atoms with Gasteiger partial charge in [0.1, 0.15) is 0 Å². The van der Waals surface area contributed by atoms with E-state index in [1.54, 1.807) is 7.11 Å². The minimum atomic E-state index is 0.333. The summed E-state index contributed by atoms with van der Waals surface area (Å²) in [6, 6.07) is 0.704. The molecule has 1 atom stereocenters. The second kappa shape index (κ2) is 6.38. The van der Waals surface area contributed by atoms with E-state index < -0.39 is 0 Å². The molecule has 1 heterocycles. The predicted molar refractivity (Wildman–Crippen MR) is 59.6 cm³/mol. The van der Waals surface area contributed by atoms with Gasteiger partial charge in [0.25, 0.3) is 0 Å². The maximum atomic E-state index is 5.21. The Morgan fingerprint density at radius 2 is 2.07 bits per heavy atom. The normalized spacial score (nSPS) is 22.5. The van der Waals surface area contributed by atoms with Gasteiger partial charge in [-0.25, -0.2) is 0 Å². The van der Waals surface area contributed by atoms with Gasteiger partial charge in [-0.15, -0.1) is 0 Å². The first-order chi connectivity index (χ1) is 6.76. The summed E-state index contributed by atoms with van der Waals surface area (Å²) < 4.78 is 5.21. The van der Waals surface area contributed by atoms with Crippen LogP contribution in [0.4, 0.5) is 0 Å². The lowest BCUT2D eigenvalue weighted by Gasteiger charge is -2.32. The SMILES string of the molecule is CCN1CCC(NC[C@H](C)OC)CC1. The van der Waals surface area contributed by atoms with Crippen LogP contribution >= 0.6 is 0 Å². The van der Waals surface area contributed by atoms with Gasteiger partial charge in [-0.1, -0.05) is 6.92 Å². The molecule has 3 heteroatoms. The number of hydrogen-bond acceptors (Lipinski definition) is 3. The van der Waals surface area contributed by atoms with Crippen molar-refractivity contribution in [2.24, 2.45) is 0 Å². The Morgan fingerprint density at radius 1 is 1.43 bits per heavy atom. The number of hydrogen-bond donors (Lipinski definition) is 1. The van der Waals surface area contributed by atoms with Crippen LogP contribution in [-0.2, 0) is 4.74 Å². The highest BCUT2D eigenvalue weighted by Crippen LogP contribution is 2.09. The summed E-state index contributed by atoms with van der Waals surface area (Å²) in [6.45, 7) is 9.01. The van der Waals surface area contributed by atoms with Crippen molar-refractivity contribution in [3.8, 4) is 0 Å². The number of nitrogens with one attached hydrogen (secondary N) is 1. The van der Waals surface area contributed by atoms with Crippen LogP contribution in [0.15, 0.2) is 0 Å². The summed E-state index contributed by atoms with van der Waals surface area (Å²) in [7, 11) is 1.77. The van der Waals surface area contributed by atoms with Crippen LogP contribution in [0.3, 0.4) is 0 Å². The van der Waals surface area contributed by atoms with Gasteiger partial charge >= 0.3 is 0 Å². The van der Waals surface area contributed by atoms with Gasteiger partial charge in [0.2, 0.25) is 0 Å². The summed E-state index contributed by atoms with van der Waals surface area (Å²) >= 11 is 0. The zero-order valence-electron chi connectivity index (χ0n) is 9.75. The number of nitrogens with zero attached hydrogens (tertiary/aromatic N) is 1. The molecule has 0 aromatic rings. The first-order valence-corrected chi connectivity index (χ1v) is 5.74. The van der Waals surface area contributed by atoms with Crippen molar-refractivity contribution in [1.29, 1.82) is 0 Å². The molecule has 0 radical (unpaired) electrons. The topological polar surface area (TPSA) is 24.5 Å². The Labute approximate surface area is 87.8 Å². The van der Waals surface area contributed by atoms with E-state index in [9.17, 15) is 0 Å². The van der Waals surface area contributed by atoms with Gasteiger partial charge in [0, 0.05) is 19.7 Å². The third-order valence-corrected chi connectivity index (χ3v) is 3.13. The highest BCUT2D eigenvalue weighted by molar-refractivity contribution is 4.77. The van der Waals surface area contributed by atoms with E-state index in [0.717, 1.165) is 6.54 Å². The molecular formula is C11H24N2O. The van der Waals surface area contributed by atoms with Gasteiger partial charge in [-0.2, -0.15) is 0 Å². The van der Waals surface area contributed by atoms with E-state index in [2.05, 4.69) is 24.1 Å². The molecule has 0 aromatic heterocycles. The molecule has 0 bridgehead atoms. The molecule has 0 aromatic carbocycles. The van der Waals surface area contributed by atoms with Crippen molar-refractivity contribution in [3.63, 3.8) is 0 Å². The number of likely N-dealkylation sites (tertiary alicyclic amines) is 1. The molecule has 0 unspecified atom stereocenters. The minimum absolute atomic E-state index is 0.333. The first kappa shape index (κ1) is 12.0. The van der Waals surface area contributed by atoms with E-state index in [0.29, 0.717) is 12.1 Å². The predicted octanol–water partition coefficient (Wildman–Crippen LogP) is 1.10. The summed E-state index contributed by atoms with van der Waals surface area (Å²) in [5.74, 6) is 0. The Balaban J connectivity index is 2.10. The quantitative estimate of drug-likeness (QED) is 0.719. The molecule has 0 aliphatic carbocycles. The Bertz CT molecular complexity index is 144. The Hall–Kier alpha value is -0.120. The van der Waals surface area contributed by atoms with E-state index >= 15 is 0 Å². The standard InChI is InChI=1S/C11H24N2O/c1-4-13-7-5-11(6-8-13)12-9-10(2)14-3/h10-12H,4-9H2,1-3H3/t10-/m0/s1. The maximum absolute atomic E-state index is 5.21. The van der Waals surface area contributed by atoms with Crippen molar-refractivity contribution in [2.75, 3.05) is 33.3 Å². The second-order valence-corrected chi connectivity index (χ2v) is 4.16. The van der Waals surface area contributed by atoms with Crippen LogP contribution in [0.25, 0.3) is 0 Å². The fraction of sp³-hybridized carbons (Fsp3) is 1.00. The monoisotopic (exact) mass is 200 g/mol. The molecule has 14 heavy (non-hydrogen) atoms. The van der Waals surface area contributed by atoms with Gasteiger partial charge in [0.05, 0.1) is 6.10 Å². The van der Waals surface area contributed by atoms with E-state index in [-0.39, 0.29) is 0 Å². The van der Waals surface area contributed by atoms with Gasteiger partial charge in [-0.05, 0) is 39.4 Å². The van der Waals surface area contributed by atoms with Gasteiger partial charge in [-0.3, -0.25) is 0 Å². The van der Waals surface area contributed by atoms with Crippen LogP contribution in [0.1, 0.15) is 26.7 Å². The molecule has 1 saturated heterocycles. The van der Waals surface area contributed by atoms with Crippen LogP contribution < -0.4 is 5.32 Å². The van der Waals surface area contributed by atoms with E-state index in [4.69, 9.17) is 4.74 Å². The lowest BCUT2D eigenvalue weighted by atomic mass is 10.1. The largest absolute Gasteiger partial charge is 0.380 e. The summed E-state index contributed by atoms with van der Waals surface area (Å²) in [6.07, 6.45) is 2.90. The number of piperidine rings is 1. The molecule has 1 rings (SSSR count). The van der Waals surface area contributed by atoms with Crippen molar-refractivity contribution < 1.29 is 4.74 Å². The number of methoxy groups -OCH3 is 1. The Morgan fingerprint density at radius 3 is 2.57 bits per heavy atom.